The van der Waals surface area contributed by atoms with E-state index in [1.807, 2.05) is 6.07 Å². The van der Waals surface area contributed by atoms with Crippen LogP contribution in [0, 0.1) is 0 Å². The summed E-state index contributed by atoms with van der Waals surface area (Å²) in [5, 5.41) is 28.3. The summed E-state index contributed by atoms with van der Waals surface area (Å²) in [5.41, 5.74) is 0. The van der Waals surface area contributed by atoms with Crippen molar-refractivity contribution >= 4 is 11.8 Å². The molecule has 0 heterocycles. The summed E-state index contributed by atoms with van der Waals surface area (Å²) in [6.45, 7) is 0.177. The number of rotatable bonds is 6. The molecular weight excluding hydrogens is 276 g/mol. The smallest absolute Gasteiger partial charge is 0.119 e. The van der Waals surface area contributed by atoms with Crippen LogP contribution in [0.5, 0.6) is 17.2 Å². The van der Waals surface area contributed by atoms with Crippen LogP contribution in [0.2, 0.25) is 0 Å². The van der Waals surface area contributed by atoms with Crippen molar-refractivity contribution in [1.29, 1.82) is 0 Å². The number of hydrogen-bond donors (Lipinski definition) is 3. The van der Waals surface area contributed by atoms with Gasteiger partial charge in [0.1, 0.15) is 23.9 Å². The maximum absolute atomic E-state index is 9.84. The van der Waals surface area contributed by atoms with Gasteiger partial charge in [-0.15, -0.1) is 11.8 Å². The summed E-state index contributed by atoms with van der Waals surface area (Å²) >= 11 is 1.45. The van der Waals surface area contributed by atoms with Gasteiger partial charge in [-0.25, -0.2) is 0 Å². The number of phenolic OH excluding ortho intramolecular Hbond substituents is 2. The van der Waals surface area contributed by atoms with Crippen molar-refractivity contribution in [2.24, 2.45) is 0 Å². The maximum atomic E-state index is 9.84. The number of phenols is 2. The van der Waals surface area contributed by atoms with Crippen molar-refractivity contribution in [1.82, 2.24) is 0 Å². The predicted octanol–water partition coefficient (Wildman–Crippen LogP) is 2.63. The van der Waals surface area contributed by atoms with Crippen molar-refractivity contribution in [2.45, 2.75) is 11.0 Å². The third-order valence-electron chi connectivity index (χ3n) is 2.54. The summed E-state index contributed by atoms with van der Waals surface area (Å²) in [6, 6.07) is 13.2. The average molecular weight is 292 g/mol. The topological polar surface area (TPSA) is 69.9 Å². The van der Waals surface area contributed by atoms with Crippen LogP contribution in [0.4, 0.5) is 0 Å². The van der Waals surface area contributed by atoms with Crippen LogP contribution < -0.4 is 4.74 Å². The van der Waals surface area contributed by atoms with Gasteiger partial charge in [-0.3, -0.25) is 0 Å². The number of aliphatic hydroxyl groups excluding tert-OH is 1. The molecule has 0 aliphatic heterocycles. The fourth-order valence-electron chi connectivity index (χ4n) is 1.55. The Morgan fingerprint density at radius 3 is 2.45 bits per heavy atom. The van der Waals surface area contributed by atoms with Gasteiger partial charge in [0.05, 0.1) is 6.10 Å². The molecule has 0 aliphatic rings. The van der Waals surface area contributed by atoms with Crippen molar-refractivity contribution in [3.05, 3.63) is 48.5 Å². The summed E-state index contributed by atoms with van der Waals surface area (Å²) < 4.78 is 5.41. The van der Waals surface area contributed by atoms with Crippen LogP contribution in [-0.4, -0.2) is 33.8 Å². The molecule has 0 saturated heterocycles. The summed E-state index contributed by atoms with van der Waals surface area (Å²) in [6.07, 6.45) is -0.615. The quantitative estimate of drug-likeness (QED) is 0.714. The van der Waals surface area contributed by atoms with Crippen molar-refractivity contribution in [2.75, 3.05) is 12.4 Å². The Hall–Kier alpha value is -1.85. The lowest BCUT2D eigenvalue weighted by Crippen LogP contribution is -2.19. The molecule has 2 aromatic carbocycles. The number of thioether (sulfide) groups is 1. The highest BCUT2D eigenvalue weighted by Gasteiger charge is 2.07. The lowest BCUT2D eigenvalue weighted by Gasteiger charge is -2.12. The first-order valence-corrected chi connectivity index (χ1v) is 7.14. The molecule has 0 fully saturated rings. The Morgan fingerprint density at radius 1 is 1.00 bits per heavy atom. The van der Waals surface area contributed by atoms with E-state index in [0.717, 1.165) is 4.90 Å². The molecule has 0 radical (unpaired) electrons. The normalized spacial score (nSPS) is 12.1. The molecular formula is C15H16O4S. The molecule has 0 spiro atoms. The summed E-state index contributed by atoms with van der Waals surface area (Å²) in [7, 11) is 0. The minimum absolute atomic E-state index is 0.177. The SMILES string of the molecule is Oc1ccc(OCC(O)CSc2cccc(O)c2)cc1. The molecule has 1 unspecified atom stereocenters. The highest BCUT2D eigenvalue weighted by molar-refractivity contribution is 7.99. The van der Waals surface area contributed by atoms with Crippen LogP contribution >= 0.6 is 11.8 Å². The Labute approximate surface area is 121 Å². The first-order valence-electron chi connectivity index (χ1n) is 6.15. The van der Waals surface area contributed by atoms with E-state index < -0.39 is 6.10 Å². The minimum atomic E-state index is -0.615. The van der Waals surface area contributed by atoms with Crippen molar-refractivity contribution in [3.8, 4) is 17.2 Å². The van der Waals surface area contributed by atoms with Gasteiger partial charge < -0.3 is 20.1 Å². The molecule has 0 aliphatic carbocycles. The zero-order valence-electron chi connectivity index (χ0n) is 10.8. The van der Waals surface area contributed by atoms with Crippen LogP contribution in [0.3, 0.4) is 0 Å². The van der Waals surface area contributed by atoms with Gasteiger partial charge in [-0.1, -0.05) is 6.07 Å². The molecule has 106 valence electrons. The molecule has 0 saturated carbocycles. The standard InChI is InChI=1S/C15H16O4S/c16-11-4-6-14(7-5-11)19-9-13(18)10-20-15-3-1-2-12(17)8-15/h1-8,13,16-18H,9-10H2. The van der Waals surface area contributed by atoms with E-state index in [1.54, 1.807) is 30.3 Å². The molecule has 20 heavy (non-hydrogen) atoms. The number of hydrogen-bond acceptors (Lipinski definition) is 5. The Kier molecular flexibility index (Phi) is 5.15. The first kappa shape index (κ1) is 14.6. The van der Waals surface area contributed by atoms with Gasteiger partial charge in [0.2, 0.25) is 0 Å². The fraction of sp³-hybridized carbons (Fsp3) is 0.200. The van der Waals surface area contributed by atoms with E-state index in [0.29, 0.717) is 11.5 Å². The summed E-state index contributed by atoms with van der Waals surface area (Å²) in [5.74, 6) is 1.47. The van der Waals surface area contributed by atoms with E-state index >= 15 is 0 Å². The van der Waals surface area contributed by atoms with Gasteiger partial charge in [0, 0.05) is 10.6 Å². The van der Waals surface area contributed by atoms with E-state index in [-0.39, 0.29) is 18.1 Å². The molecule has 0 aromatic heterocycles. The zero-order chi connectivity index (χ0) is 14.4. The second-order valence-electron chi connectivity index (χ2n) is 4.27. The Balaban J connectivity index is 1.75. The zero-order valence-corrected chi connectivity index (χ0v) is 11.6. The highest BCUT2D eigenvalue weighted by atomic mass is 32.2. The third kappa shape index (κ3) is 4.68. The van der Waals surface area contributed by atoms with E-state index in [9.17, 15) is 10.2 Å². The second kappa shape index (κ2) is 7.07. The summed E-state index contributed by atoms with van der Waals surface area (Å²) in [4.78, 5) is 0.897. The van der Waals surface area contributed by atoms with Crippen LogP contribution in [0.25, 0.3) is 0 Å². The first-order chi connectivity index (χ1) is 9.63. The van der Waals surface area contributed by atoms with Crippen molar-refractivity contribution in [3.63, 3.8) is 0 Å². The van der Waals surface area contributed by atoms with E-state index in [2.05, 4.69) is 0 Å². The van der Waals surface area contributed by atoms with Gasteiger partial charge in [0.15, 0.2) is 0 Å². The number of aromatic hydroxyl groups is 2. The minimum Gasteiger partial charge on any atom is -0.508 e. The van der Waals surface area contributed by atoms with Crippen LogP contribution in [-0.2, 0) is 0 Å². The number of aliphatic hydroxyl groups is 1. The number of benzene rings is 2. The molecule has 3 N–H and O–H groups in total. The van der Waals surface area contributed by atoms with Gasteiger partial charge in [0.25, 0.3) is 0 Å². The molecule has 2 rings (SSSR count). The highest BCUT2D eigenvalue weighted by Crippen LogP contribution is 2.23. The van der Waals surface area contributed by atoms with Crippen LogP contribution in [0.1, 0.15) is 0 Å². The molecule has 0 bridgehead atoms. The Morgan fingerprint density at radius 2 is 1.75 bits per heavy atom. The molecule has 4 nitrogen and oxygen atoms in total. The lowest BCUT2D eigenvalue weighted by molar-refractivity contribution is 0.126. The largest absolute Gasteiger partial charge is 0.508 e. The monoisotopic (exact) mass is 292 g/mol. The predicted molar refractivity (Wildman–Crippen MR) is 78.4 cm³/mol. The van der Waals surface area contributed by atoms with Crippen LogP contribution in [0.15, 0.2) is 53.4 Å². The van der Waals surface area contributed by atoms with Crippen molar-refractivity contribution < 1.29 is 20.1 Å². The molecule has 5 heteroatoms. The molecule has 1 atom stereocenters. The molecule has 0 amide bonds. The third-order valence-corrected chi connectivity index (χ3v) is 3.68. The van der Waals surface area contributed by atoms with Gasteiger partial charge in [-0.05, 0) is 42.5 Å². The van der Waals surface area contributed by atoms with E-state index in [4.69, 9.17) is 9.84 Å². The van der Waals surface area contributed by atoms with Gasteiger partial charge >= 0.3 is 0 Å². The molecule has 2 aromatic rings. The second-order valence-corrected chi connectivity index (χ2v) is 5.36. The van der Waals surface area contributed by atoms with Gasteiger partial charge in [-0.2, -0.15) is 0 Å². The lowest BCUT2D eigenvalue weighted by atomic mass is 10.3. The van der Waals surface area contributed by atoms with E-state index in [1.165, 1.54) is 23.9 Å². The maximum Gasteiger partial charge on any atom is 0.119 e. The average Bonchev–Trinajstić information content (AvgIpc) is 2.45. The Bertz CT molecular complexity index is 542. The fourth-order valence-corrected chi connectivity index (χ4v) is 2.41. The number of ether oxygens (including phenoxy) is 1.